The molecule has 0 radical (unpaired) electrons. The Hall–Kier alpha value is -2.07. The van der Waals surface area contributed by atoms with Crippen LogP contribution in [0.25, 0.3) is 0 Å². The molecule has 2 atom stereocenters. The molecule has 1 heterocycles. The number of fused-ring (bicyclic) bond motifs is 1. The third-order valence-electron chi connectivity index (χ3n) is 3.28. The molecule has 0 spiro atoms. The minimum absolute atomic E-state index is 0.153. The van der Waals surface area contributed by atoms with Gasteiger partial charge in [0.1, 0.15) is 23.4 Å². The molecular weight excluding hydrogens is 247 g/mol. The maximum absolute atomic E-state index is 13.1. The zero-order valence-corrected chi connectivity index (χ0v) is 10.1. The van der Waals surface area contributed by atoms with Crippen molar-refractivity contribution in [3.63, 3.8) is 0 Å². The van der Waals surface area contributed by atoms with E-state index in [9.17, 15) is 14.6 Å². The van der Waals surface area contributed by atoms with Crippen LogP contribution in [-0.2, 0) is 0 Å². The molecule has 0 fully saturated rings. The van der Waals surface area contributed by atoms with Crippen molar-refractivity contribution < 1.29 is 19.3 Å². The van der Waals surface area contributed by atoms with Crippen molar-refractivity contribution in [3.8, 4) is 11.5 Å². The first-order chi connectivity index (χ1) is 9.13. The van der Waals surface area contributed by atoms with Crippen molar-refractivity contribution in [2.24, 2.45) is 0 Å². The summed E-state index contributed by atoms with van der Waals surface area (Å²) in [5, 5.41) is 19.6. The van der Waals surface area contributed by atoms with Gasteiger partial charge >= 0.3 is 0 Å². The number of rotatable bonds is 1. The number of phenolic OH excluding ortho intramolecular Hbond substituents is 1. The predicted octanol–water partition coefficient (Wildman–Crippen LogP) is 3.09. The molecule has 0 saturated heterocycles. The molecule has 19 heavy (non-hydrogen) atoms. The lowest BCUT2D eigenvalue weighted by molar-refractivity contribution is 0.0652. The van der Waals surface area contributed by atoms with Gasteiger partial charge in [0.2, 0.25) is 0 Å². The summed E-state index contributed by atoms with van der Waals surface area (Å²) >= 11 is 0. The van der Waals surface area contributed by atoms with Crippen LogP contribution in [0.15, 0.2) is 42.5 Å². The standard InChI is InChI=1S/C15H13FO3/c16-10-4-5-14-12(7-10)13(18)8-15(19-14)9-2-1-3-11(17)6-9/h1-7,13,15,17-18H,8H2/t13-,15?/m1/s1. The first-order valence-electron chi connectivity index (χ1n) is 6.06. The zero-order valence-electron chi connectivity index (χ0n) is 10.1. The number of aromatic hydroxyl groups is 1. The van der Waals surface area contributed by atoms with Gasteiger partial charge in [-0.15, -0.1) is 0 Å². The highest BCUT2D eigenvalue weighted by atomic mass is 19.1. The number of benzene rings is 2. The molecule has 0 aromatic heterocycles. The van der Waals surface area contributed by atoms with Crippen molar-refractivity contribution >= 4 is 0 Å². The maximum atomic E-state index is 13.1. The highest BCUT2D eigenvalue weighted by Gasteiger charge is 2.28. The monoisotopic (exact) mass is 260 g/mol. The summed E-state index contributed by atoms with van der Waals surface area (Å²) in [5.74, 6) is 0.242. The Morgan fingerprint density at radius 2 is 2.00 bits per heavy atom. The zero-order chi connectivity index (χ0) is 13.4. The van der Waals surface area contributed by atoms with E-state index in [0.29, 0.717) is 17.7 Å². The van der Waals surface area contributed by atoms with Crippen molar-refractivity contribution in [3.05, 3.63) is 59.4 Å². The van der Waals surface area contributed by atoms with Crippen LogP contribution in [0.1, 0.15) is 29.8 Å². The molecule has 1 unspecified atom stereocenters. The smallest absolute Gasteiger partial charge is 0.127 e. The van der Waals surface area contributed by atoms with E-state index < -0.39 is 11.9 Å². The Bertz CT molecular complexity index is 612. The van der Waals surface area contributed by atoms with Crippen LogP contribution in [0.2, 0.25) is 0 Å². The number of aliphatic hydroxyl groups is 1. The lowest BCUT2D eigenvalue weighted by Gasteiger charge is -2.30. The molecular formula is C15H13FO3. The van der Waals surface area contributed by atoms with Crippen LogP contribution in [0.5, 0.6) is 11.5 Å². The van der Waals surface area contributed by atoms with E-state index in [2.05, 4.69) is 0 Å². The molecule has 0 saturated carbocycles. The molecule has 3 rings (SSSR count). The molecule has 4 heteroatoms. The fraction of sp³-hybridized carbons (Fsp3) is 0.200. The highest BCUT2D eigenvalue weighted by molar-refractivity contribution is 5.39. The van der Waals surface area contributed by atoms with Gasteiger partial charge in [-0.25, -0.2) is 4.39 Å². The summed E-state index contributed by atoms with van der Waals surface area (Å²) in [5.41, 5.74) is 1.26. The van der Waals surface area contributed by atoms with Gasteiger partial charge < -0.3 is 14.9 Å². The van der Waals surface area contributed by atoms with Gasteiger partial charge in [-0.2, -0.15) is 0 Å². The van der Waals surface area contributed by atoms with E-state index in [1.54, 1.807) is 18.2 Å². The van der Waals surface area contributed by atoms with E-state index in [0.717, 1.165) is 5.56 Å². The van der Waals surface area contributed by atoms with Gasteiger partial charge in [0.15, 0.2) is 0 Å². The number of aliphatic hydroxyl groups excluding tert-OH is 1. The minimum Gasteiger partial charge on any atom is -0.508 e. The average Bonchev–Trinajstić information content (AvgIpc) is 2.39. The van der Waals surface area contributed by atoms with Crippen LogP contribution in [0.4, 0.5) is 4.39 Å². The van der Waals surface area contributed by atoms with E-state index in [-0.39, 0.29) is 11.9 Å². The minimum atomic E-state index is -0.771. The summed E-state index contributed by atoms with van der Waals surface area (Å²) in [4.78, 5) is 0. The topological polar surface area (TPSA) is 49.7 Å². The number of phenols is 1. The van der Waals surface area contributed by atoms with Gasteiger partial charge in [0, 0.05) is 12.0 Å². The summed E-state index contributed by atoms with van der Waals surface area (Å²) in [7, 11) is 0. The number of hydrogen-bond donors (Lipinski definition) is 2. The lowest BCUT2D eigenvalue weighted by Crippen LogP contribution is -2.19. The third kappa shape index (κ3) is 2.27. The van der Waals surface area contributed by atoms with Crippen LogP contribution < -0.4 is 4.74 Å². The number of halogens is 1. The summed E-state index contributed by atoms with van der Waals surface area (Å²) in [6, 6.07) is 10.8. The van der Waals surface area contributed by atoms with Gasteiger partial charge in [0.25, 0.3) is 0 Å². The largest absolute Gasteiger partial charge is 0.508 e. The Morgan fingerprint density at radius 3 is 2.79 bits per heavy atom. The van der Waals surface area contributed by atoms with Crippen molar-refractivity contribution in [1.29, 1.82) is 0 Å². The molecule has 3 nitrogen and oxygen atoms in total. The van der Waals surface area contributed by atoms with Gasteiger partial charge in [-0.1, -0.05) is 12.1 Å². The molecule has 1 aliphatic rings. The van der Waals surface area contributed by atoms with E-state index in [1.807, 2.05) is 6.07 Å². The van der Waals surface area contributed by atoms with Crippen LogP contribution in [-0.4, -0.2) is 10.2 Å². The number of hydrogen-bond acceptors (Lipinski definition) is 3. The normalized spacial score (nSPS) is 21.6. The van der Waals surface area contributed by atoms with Gasteiger partial charge in [-0.05, 0) is 35.9 Å². The second-order valence-corrected chi connectivity index (χ2v) is 4.64. The van der Waals surface area contributed by atoms with E-state index in [4.69, 9.17) is 4.74 Å². The van der Waals surface area contributed by atoms with Crippen LogP contribution >= 0.6 is 0 Å². The Kier molecular flexibility index (Phi) is 2.87. The molecule has 0 bridgehead atoms. The fourth-order valence-electron chi connectivity index (χ4n) is 2.35. The Balaban J connectivity index is 1.95. The molecule has 98 valence electrons. The Morgan fingerprint density at radius 1 is 1.16 bits per heavy atom. The van der Waals surface area contributed by atoms with Crippen LogP contribution in [0.3, 0.4) is 0 Å². The second kappa shape index (κ2) is 4.55. The average molecular weight is 260 g/mol. The molecule has 1 aliphatic heterocycles. The quantitative estimate of drug-likeness (QED) is 0.828. The molecule has 2 aromatic rings. The molecule has 0 amide bonds. The molecule has 2 aromatic carbocycles. The van der Waals surface area contributed by atoms with Crippen molar-refractivity contribution in [2.45, 2.75) is 18.6 Å². The predicted molar refractivity (Wildman–Crippen MR) is 67.5 cm³/mol. The first kappa shape index (κ1) is 12.0. The maximum Gasteiger partial charge on any atom is 0.127 e. The third-order valence-corrected chi connectivity index (χ3v) is 3.28. The second-order valence-electron chi connectivity index (χ2n) is 4.64. The summed E-state index contributed by atoms with van der Waals surface area (Å²) < 4.78 is 18.9. The molecule has 0 aliphatic carbocycles. The van der Waals surface area contributed by atoms with Crippen molar-refractivity contribution in [2.75, 3.05) is 0 Å². The summed E-state index contributed by atoms with van der Waals surface area (Å²) in [6.45, 7) is 0. The molecule has 2 N–H and O–H groups in total. The summed E-state index contributed by atoms with van der Waals surface area (Å²) in [6.07, 6.45) is -0.785. The number of ether oxygens (including phenoxy) is 1. The Labute approximate surface area is 109 Å². The highest BCUT2D eigenvalue weighted by Crippen LogP contribution is 2.41. The fourth-order valence-corrected chi connectivity index (χ4v) is 2.35. The van der Waals surface area contributed by atoms with E-state index in [1.165, 1.54) is 18.2 Å². The SMILES string of the molecule is Oc1cccc(C2C[C@@H](O)c3cc(F)ccc3O2)c1. The van der Waals surface area contributed by atoms with Gasteiger partial charge in [-0.3, -0.25) is 0 Å². The van der Waals surface area contributed by atoms with Gasteiger partial charge in [0.05, 0.1) is 6.10 Å². The van der Waals surface area contributed by atoms with Crippen molar-refractivity contribution in [1.82, 2.24) is 0 Å². The first-order valence-corrected chi connectivity index (χ1v) is 6.06. The van der Waals surface area contributed by atoms with E-state index >= 15 is 0 Å². The lowest BCUT2D eigenvalue weighted by atomic mass is 9.95. The van der Waals surface area contributed by atoms with Crippen LogP contribution in [0, 0.1) is 5.82 Å².